The maximum absolute atomic E-state index is 12.1. The number of rotatable bonds is 5. The Labute approximate surface area is 124 Å². The molecule has 0 aromatic heterocycles. The van der Waals surface area contributed by atoms with Crippen molar-refractivity contribution in [3.05, 3.63) is 35.4 Å². The third-order valence-corrected chi connectivity index (χ3v) is 3.75. The monoisotopic (exact) mass is 290 g/mol. The molecule has 21 heavy (non-hydrogen) atoms. The van der Waals surface area contributed by atoms with E-state index in [4.69, 9.17) is 11.5 Å². The molecule has 1 aliphatic rings. The summed E-state index contributed by atoms with van der Waals surface area (Å²) in [6.07, 6.45) is 1.67. The molecule has 6 nitrogen and oxygen atoms in total. The molecular formula is C15H22N4O2. The Morgan fingerprint density at radius 1 is 1.19 bits per heavy atom. The minimum atomic E-state index is -0.308. The summed E-state index contributed by atoms with van der Waals surface area (Å²) in [5.41, 5.74) is 12.4. The van der Waals surface area contributed by atoms with Gasteiger partial charge in [0.1, 0.15) is 0 Å². The van der Waals surface area contributed by atoms with E-state index in [9.17, 15) is 9.59 Å². The molecule has 0 radical (unpaired) electrons. The Balaban J connectivity index is 1.82. The van der Waals surface area contributed by atoms with Crippen molar-refractivity contribution in [1.82, 2.24) is 10.2 Å². The number of likely N-dealkylation sites (tertiary alicyclic amines) is 1. The maximum atomic E-state index is 12.1. The number of hydrogen-bond acceptors (Lipinski definition) is 4. The van der Waals surface area contributed by atoms with Gasteiger partial charge in [-0.15, -0.1) is 0 Å². The molecule has 0 aliphatic carbocycles. The molecule has 1 aromatic rings. The summed E-state index contributed by atoms with van der Waals surface area (Å²) in [6.45, 7) is 2.32. The quantitative estimate of drug-likeness (QED) is 0.700. The van der Waals surface area contributed by atoms with Gasteiger partial charge >= 0.3 is 0 Å². The second-order valence-electron chi connectivity index (χ2n) is 5.39. The predicted molar refractivity (Wildman–Crippen MR) is 80.5 cm³/mol. The van der Waals surface area contributed by atoms with Gasteiger partial charge in [0.25, 0.3) is 5.91 Å². The molecule has 1 heterocycles. The SMILES string of the molecule is NCc1ccc(C(=O)NC2CCN(CC(N)=O)CC2)cc1. The van der Waals surface area contributed by atoms with Crippen molar-refractivity contribution in [2.24, 2.45) is 11.5 Å². The highest BCUT2D eigenvalue weighted by Gasteiger charge is 2.21. The molecule has 1 saturated heterocycles. The number of benzene rings is 1. The van der Waals surface area contributed by atoms with Crippen molar-refractivity contribution in [3.8, 4) is 0 Å². The van der Waals surface area contributed by atoms with E-state index < -0.39 is 0 Å². The zero-order valence-corrected chi connectivity index (χ0v) is 12.0. The zero-order valence-electron chi connectivity index (χ0n) is 12.0. The minimum Gasteiger partial charge on any atom is -0.369 e. The van der Waals surface area contributed by atoms with Crippen molar-refractivity contribution in [1.29, 1.82) is 0 Å². The average Bonchev–Trinajstić information content (AvgIpc) is 2.49. The Hall–Kier alpha value is -1.92. The van der Waals surface area contributed by atoms with Crippen molar-refractivity contribution in [2.75, 3.05) is 19.6 Å². The van der Waals surface area contributed by atoms with Gasteiger partial charge in [-0.1, -0.05) is 12.1 Å². The molecule has 1 fully saturated rings. The lowest BCUT2D eigenvalue weighted by Gasteiger charge is -2.31. The smallest absolute Gasteiger partial charge is 0.251 e. The Morgan fingerprint density at radius 3 is 2.33 bits per heavy atom. The van der Waals surface area contributed by atoms with Crippen LogP contribution in [-0.2, 0) is 11.3 Å². The number of hydrogen-bond donors (Lipinski definition) is 3. The third-order valence-electron chi connectivity index (χ3n) is 3.75. The summed E-state index contributed by atoms with van der Waals surface area (Å²) in [4.78, 5) is 25.0. The number of nitrogens with zero attached hydrogens (tertiary/aromatic N) is 1. The van der Waals surface area contributed by atoms with Crippen molar-refractivity contribution < 1.29 is 9.59 Å². The van der Waals surface area contributed by atoms with E-state index in [1.807, 2.05) is 17.0 Å². The van der Waals surface area contributed by atoms with E-state index >= 15 is 0 Å². The van der Waals surface area contributed by atoms with Crippen molar-refractivity contribution in [3.63, 3.8) is 0 Å². The lowest BCUT2D eigenvalue weighted by molar-refractivity contribution is -0.119. The van der Waals surface area contributed by atoms with Crippen LogP contribution < -0.4 is 16.8 Å². The van der Waals surface area contributed by atoms with Crippen LogP contribution in [0.3, 0.4) is 0 Å². The van der Waals surface area contributed by atoms with Gasteiger partial charge < -0.3 is 16.8 Å². The van der Waals surface area contributed by atoms with Gasteiger partial charge in [-0.3, -0.25) is 14.5 Å². The number of piperidine rings is 1. The first kappa shape index (κ1) is 15.5. The van der Waals surface area contributed by atoms with Crippen LogP contribution in [0.2, 0.25) is 0 Å². The fourth-order valence-corrected chi connectivity index (χ4v) is 2.52. The molecular weight excluding hydrogens is 268 g/mol. The maximum Gasteiger partial charge on any atom is 0.251 e. The molecule has 1 aromatic carbocycles. The van der Waals surface area contributed by atoms with Crippen molar-refractivity contribution in [2.45, 2.75) is 25.4 Å². The molecule has 0 unspecified atom stereocenters. The highest BCUT2D eigenvalue weighted by Crippen LogP contribution is 2.11. The second kappa shape index (κ2) is 7.19. The lowest BCUT2D eigenvalue weighted by Crippen LogP contribution is -2.46. The zero-order chi connectivity index (χ0) is 15.2. The second-order valence-corrected chi connectivity index (χ2v) is 5.39. The highest BCUT2D eigenvalue weighted by molar-refractivity contribution is 5.94. The first-order chi connectivity index (χ1) is 10.1. The van der Waals surface area contributed by atoms with Crippen LogP contribution in [0.15, 0.2) is 24.3 Å². The molecule has 2 rings (SSSR count). The molecule has 114 valence electrons. The number of carbonyl (C=O) groups excluding carboxylic acids is 2. The molecule has 0 atom stereocenters. The first-order valence-corrected chi connectivity index (χ1v) is 7.19. The summed E-state index contributed by atoms with van der Waals surface area (Å²) >= 11 is 0. The molecule has 0 saturated carbocycles. The van der Waals surface area contributed by atoms with Gasteiger partial charge in [-0.2, -0.15) is 0 Å². The number of nitrogens with two attached hydrogens (primary N) is 2. The Morgan fingerprint density at radius 2 is 1.81 bits per heavy atom. The van der Waals surface area contributed by atoms with Gasteiger partial charge in [0.15, 0.2) is 0 Å². The topological polar surface area (TPSA) is 101 Å². The van der Waals surface area contributed by atoms with E-state index in [0.717, 1.165) is 31.5 Å². The van der Waals surface area contributed by atoms with E-state index in [-0.39, 0.29) is 17.9 Å². The minimum absolute atomic E-state index is 0.0630. The molecule has 1 aliphatic heterocycles. The highest BCUT2D eigenvalue weighted by atomic mass is 16.2. The molecule has 6 heteroatoms. The number of nitrogens with one attached hydrogen (secondary N) is 1. The van der Waals surface area contributed by atoms with Gasteiger partial charge in [-0.25, -0.2) is 0 Å². The average molecular weight is 290 g/mol. The molecule has 0 spiro atoms. The van der Waals surface area contributed by atoms with E-state index in [1.54, 1.807) is 12.1 Å². The van der Waals surface area contributed by atoms with Crippen LogP contribution >= 0.6 is 0 Å². The Kier molecular flexibility index (Phi) is 5.30. The third kappa shape index (κ3) is 4.54. The molecule has 2 amide bonds. The standard InChI is InChI=1S/C15H22N4O2/c16-9-11-1-3-12(4-2-11)15(21)18-13-5-7-19(8-6-13)10-14(17)20/h1-4,13H,5-10,16H2,(H2,17,20)(H,18,21). The summed E-state index contributed by atoms with van der Waals surface area (Å²) in [7, 11) is 0. The van der Waals surface area contributed by atoms with Gasteiger partial charge in [0.2, 0.25) is 5.91 Å². The van der Waals surface area contributed by atoms with E-state index in [1.165, 1.54) is 0 Å². The Bertz CT molecular complexity index is 493. The summed E-state index contributed by atoms with van der Waals surface area (Å²) < 4.78 is 0. The molecule has 5 N–H and O–H groups in total. The predicted octanol–water partition coefficient (Wildman–Crippen LogP) is -0.175. The fraction of sp³-hybridized carbons (Fsp3) is 0.467. The largest absolute Gasteiger partial charge is 0.369 e. The summed E-state index contributed by atoms with van der Waals surface area (Å²) in [5, 5.41) is 3.03. The van der Waals surface area contributed by atoms with Crippen LogP contribution in [0.4, 0.5) is 0 Å². The number of primary amides is 1. The van der Waals surface area contributed by atoms with Crippen molar-refractivity contribution >= 4 is 11.8 Å². The van der Waals surface area contributed by atoms with Crippen LogP contribution in [0.25, 0.3) is 0 Å². The molecule has 0 bridgehead atoms. The van der Waals surface area contributed by atoms with Gasteiger partial charge in [-0.05, 0) is 30.5 Å². The van der Waals surface area contributed by atoms with Crippen LogP contribution in [-0.4, -0.2) is 42.4 Å². The summed E-state index contributed by atoms with van der Waals surface area (Å²) in [6, 6.07) is 7.46. The van der Waals surface area contributed by atoms with E-state index in [0.29, 0.717) is 18.7 Å². The lowest BCUT2D eigenvalue weighted by atomic mass is 10.0. The fourth-order valence-electron chi connectivity index (χ4n) is 2.52. The normalized spacial score (nSPS) is 16.6. The van der Waals surface area contributed by atoms with Crippen LogP contribution in [0, 0.1) is 0 Å². The van der Waals surface area contributed by atoms with E-state index in [2.05, 4.69) is 5.32 Å². The summed E-state index contributed by atoms with van der Waals surface area (Å²) in [5.74, 6) is -0.371. The number of carbonyl (C=O) groups is 2. The van der Waals surface area contributed by atoms with Crippen LogP contribution in [0.1, 0.15) is 28.8 Å². The van der Waals surface area contributed by atoms with Crippen LogP contribution in [0.5, 0.6) is 0 Å². The van der Waals surface area contributed by atoms with Gasteiger partial charge in [0.05, 0.1) is 6.54 Å². The van der Waals surface area contributed by atoms with Gasteiger partial charge in [0, 0.05) is 31.2 Å². The number of amides is 2. The first-order valence-electron chi connectivity index (χ1n) is 7.19.